The van der Waals surface area contributed by atoms with Crippen LogP contribution in [0.1, 0.15) is 25.9 Å². The Bertz CT molecular complexity index is 808. The fourth-order valence-electron chi connectivity index (χ4n) is 2.23. The fraction of sp³-hybridized carbons (Fsp3) is 0.214. The molecule has 0 spiro atoms. The minimum absolute atomic E-state index is 0.154. The number of nitrogens with zero attached hydrogens (tertiary/aromatic N) is 2. The number of carbonyl (C=O) groups excluding carboxylic acids is 1. The van der Waals surface area contributed by atoms with Crippen LogP contribution in [-0.2, 0) is 6.54 Å². The van der Waals surface area contributed by atoms with Crippen LogP contribution in [-0.4, -0.2) is 15.9 Å². The zero-order valence-corrected chi connectivity index (χ0v) is 13.3. The number of nitrogens with two attached hydrogens (primary N) is 1. The SMILES string of the molecule is Cc1cc2sc(C(=O)NCc3cncs3)c(N)c2c(C)n1. The van der Waals surface area contributed by atoms with Gasteiger partial charge in [0.2, 0.25) is 0 Å². The third-order valence-electron chi connectivity index (χ3n) is 3.13. The van der Waals surface area contributed by atoms with E-state index in [-0.39, 0.29) is 5.91 Å². The average Bonchev–Trinajstić information content (AvgIpc) is 3.04. The predicted molar refractivity (Wildman–Crippen MR) is 86.8 cm³/mol. The molecule has 0 radical (unpaired) electrons. The second kappa shape index (κ2) is 5.42. The van der Waals surface area contributed by atoms with Crippen molar-refractivity contribution in [1.29, 1.82) is 0 Å². The molecule has 21 heavy (non-hydrogen) atoms. The summed E-state index contributed by atoms with van der Waals surface area (Å²) in [5.41, 5.74) is 10.2. The van der Waals surface area contributed by atoms with E-state index in [1.165, 1.54) is 22.7 Å². The number of anilines is 1. The van der Waals surface area contributed by atoms with E-state index < -0.39 is 0 Å². The molecule has 0 saturated heterocycles. The number of fused-ring (bicyclic) bond motifs is 1. The molecule has 0 unspecified atom stereocenters. The Kier molecular flexibility index (Phi) is 3.60. The summed E-state index contributed by atoms with van der Waals surface area (Å²) in [7, 11) is 0. The Labute approximate surface area is 129 Å². The standard InChI is InChI=1S/C14H14N4OS2/c1-7-3-10-11(8(2)18-7)12(15)13(21-10)14(19)17-5-9-4-16-6-20-9/h3-4,6H,5,15H2,1-2H3,(H,17,19). The molecule has 5 nitrogen and oxygen atoms in total. The highest BCUT2D eigenvalue weighted by molar-refractivity contribution is 7.21. The molecule has 0 bridgehead atoms. The van der Waals surface area contributed by atoms with E-state index in [0.717, 1.165) is 26.4 Å². The van der Waals surface area contributed by atoms with E-state index in [1.807, 2.05) is 19.9 Å². The summed E-state index contributed by atoms with van der Waals surface area (Å²) in [5, 5.41) is 3.76. The predicted octanol–water partition coefficient (Wildman–Crippen LogP) is 2.88. The van der Waals surface area contributed by atoms with Gasteiger partial charge in [-0.3, -0.25) is 14.8 Å². The quantitative estimate of drug-likeness (QED) is 0.778. The molecule has 1 amide bonds. The summed E-state index contributed by atoms with van der Waals surface area (Å²) in [4.78, 5) is 22.3. The molecule has 3 heterocycles. The number of nitrogen functional groups attached to an aromatic ring is 1. The maximum atomic E-state index is 12.3. The van der Waals surface area contributed by atoms with Crippen LogP contribution in [0.2, 0.25) is 0 Å². The molecule has 0 fully saturated rings. The summed E-state index contributed by atoms with van der Waals surface area (Å²) < 4.78 is 1.00. The van der Waals surface area contributed by atoms with Crippen LogP contribution in [0.25, 0.3) is 10.1 Å². The number of aryl methyl sites for hydroxylation is 2. The van der Waals surface area contributed by atoms with Gasteiger partial charge in [-0.05, 0) is 19.9 Å². The van der Waals surface area contributed by atoms with Crippen molar-refractivity contribution in [1.82, 2.24) is 15.3 Å². The van der Waals surface area contributed by atoms with Crippen molar-refractivity contribution in [3.8, 4) is 0 Å². The molecular weight excluding hydrogens is 304 g/mol. The third kappa shape index (κ3) is 2.62. The first-order valence-electron chi connectivity index (χ1n) is 6.38. The topological polar surface area (TPSA) is 80.9 Å². The molecule has 0 aromatic carbocycles. The van der Waals surface area contributed by atoms with Crippen molar-refractivity contribution in [2.45, 2.75) is 20.4 Å². The Morgan fingerprint density at radius 2 is 2.24 bits per heavy atom. The molecule has 0 aliphatic carbocycles. The number of carbonyl (C=O) groups is 1. The van der Waals surface area contributed by atoms with Gasteiger partial charge in [0.05, 0.1) is 17.7 Å². The van der Waals surface area contributed by atoms with Crippen LogP contribution in [0.3, 0.4) is 0 Å². The van der Waals surface area contributed by atoms with Crippen molar-refractivity contribution >= 4 is 44.4 Å². The van der Waals surface area contributed by atoms with Crippen LogP contribution in [0.5, 0.6) is 0 Å². The average molecular weight is 318 g/mol. The molecule has 0 atom stereocenters. The Morgan fingerprint density at radius 1 is 1.43 bits per heavy atom. The number of hydrogen-bond acceptors (Lipinski definition) is 6. The number of hydrogen-bond donors (Lipinski definition) is 2. The molecule has 0 aliphatic heterocycles. The van der Waals surface area contributed by atoms with E-state index >= 15 is 0 Å². The first kappa shape index (κ1) is 14.0. The lowest BCUT2D eigenvalue weighted by Gasteiger charge is -2.02. The largest absolute Gasteiger partial charge is 0.397 e. The second-order valence-electron chi connectivity index (χ2n) is 4.72. The summed E-state index contributed by atoms with van der Waals surface area (Å²) in [6.45, 7) is 4.32. The molecule has 3 aromatic rings. The van der Waals surface area contributed by atoms with Gasteiger partial charge in [-0.2, -0.15) is 0 Å². The molecule has 3 rings (SSSR count). The highest BCUT2D eigenvalue weighted by Crippen LogP contribution is 2.35. The highest BCUT2D eigenvalue weighted by atomic mass is 32.1. The van der Waals surface area contributed by atoms with E-state index in [4.69, 9.17) is 5.73 Å². The third-order valence-corrected chi connectivity index (χ3v) is 5.06. The van der Waals surface area contributed by atoms with Crippen LogP contribution in [0.15, 0.2) is 17.8 Å². The molecule has 0 aliphatic rings. The number of pyridine rings is 1. The maximum Gasteiger partial charge on any atom is 0.263 e. The number of thiazole rings is 1. The minimum Gasteiger partial charge on any atom is -0.397 e. The minimum atomic E-state index is -0.154. The van der Waals surface area contributed by atoms with Gasteiger partial charge < -0.3 is 11.1 Å². The van der Waals surface area contributed by atoms with Gasteiger partial charge in [0.25, 0.3) is 5.91 Å². The van der Waals surface area contributed by atoms with E-state index in [0.29, 0.717) is 17.1 Å². The van der Waals surface area contributed by atoms with Crippen LogP contribution >= 0.6 is 22.7 Å². The molecular formula is C14H14N4OS2. The van der Waals surface area contributed by atoms with Crippen LogP contribution < -0.4 is 11.1 Å². The summed E-state index contributed by atoms with van der Waals surface area (Å²) >= 11 is 2.92. The van der Waals surface area contributed by atoms with Crippen molar-refractivity contribution in [3.63, 3.8) is 0 Å². The summed E-state index contributed by atoms with van der Waals surface area (Å²) in [6.07, 6.45) is 1.75. The van der Waals surface area contributed by atoms with Crippen LogP contribution in [0.4, 0.5) is 5.69 Å². The Morgan fingerprint density at radius 3 is 2.95 bits per heavy atom. The van der Waals surface area contributed by atoms with Gasteiger partial charge in [-0.25, -0.2) is 0 Å². The van der Waals surface area contributed by atoms with Gasteiger partial charge in [0.15, 0.2) is 0 Å². The number of thiophene rings is 1. The Hall–Kier alpha value is -1.99. The lowest BCUT2D eigenvalue weighted by molar-refractivity contribution is 0.0956. The molecule has 3 N–H and O–H groups in total. The smallest absolute Gasteiger partial charge is 0.263 e. The maximum absolute atomic E-state index is 12.3. The highest BCUT2D eigenvalue weighted by Gasteiger charge is 2.18. The van der Waals surface area contributed by atoms with E-state index in [1.54, 1.807) is 11.7 Å². The van der Waals surface area contributed by atoms with Crippen molar-refractivity contribution in [3.05, 3.63) is 38.9 Å². The van der Waals surface area contributed by atoms with Crippen LogP contribution in [0, 0.1) is 13.8 Å². The molecule has 3 aromatic heterocycles. The van der Waals surface area contributed by atoms with Crippen molar-refractivity contribution in [2.24, 2.45) is 0 Å². The fourth-order valence-corrected chi connectivity index (χ4v) is 3.95. The van der Waals surface area contributed by atoms with Crippen molar-refractivity contribution < 1.29 is 4.79 Å². The van der Waals surface area contributed by atoms with E-state index in [9.17, 15) is 4.79 Å². The van der Waals surface area contributed by atoms with Gasteiger partial charge in [0.1, 0.15) is 4.88 Å². The number of amides is 1. The zero-order chi connectivity index (χ0) is 15.0. The first-order chi connectivity index (χ1) is 10.1. The number of rotatable bonds is 3. The summed E-state index contributed by atoms with van der Waals surface area (Å²) in [5.74, 6) is -0.154. The van der Waals surface area contributed by atoms with Crippen molar-refractivity contribution in [2.75, 3.05) is 5.73 Å². The lowest BCUT2D eigenvalue weighted by atomic mass is 10.2. The Balaban J connectivity index is 1.91. The van der Waals surface area contributed by atoms with Gasteiger partial charge in [0, 0.05) is 32.5 Å². The number of nitrogens with one attached hydrogen (secondary N) is 1. The zero-order valence-electron chi connectivity index (χ0n) is 11.6. The molecule has 0 saturated carbocycles. The first-order valence-corrected chi connectivity index (χ1v) is 8.07. The molecule has 7 heteroatoms. The molecule has 108 valence electrons. The number of aromatic nitrogens is 2. The van der Waals surface area contributed by atoms with Gasteiger partial charge in [-0.1, -0.05) is 0 Å². The second-order valence-corrected chi connectivity index (χ2v) is 6.74. The monoisotopic (exact) mass is 318 g/mol. The van der Waals surface area contributed by atoms with Gasteiger partial charge >= 0.3 is 0 Å². The normalized spacial score (nSPS) is 11.0. The van der Waals surface area contributed by atoms with E-state index in [2.05, 4.69) is 15.3 Å². The lowest BCUT2D eigenvalue weighted by Crippen LogP contribution is -2.22. The van der Waals surface area contributed by atoms with Gasteiger partial charge in [-0.15, -0.1) is 22.7 Å². The summed E-state index contributed by atoms with van der Waals surface area (Å²) in [6, 6.07) is 1.96.